The Morgan fingerprint density at radius 2 is 2.15 bits per heavy atom. The van der Waals surface area contributed by atoms with E-state index in [2.05, 4.69) is 29.8 Å². The number of amidine groups is 1. The van der Waals surface area contributed by atoms with Gasteiger partial charge in [-0.05, 0) is 37.3 Å². The van der Waals surface area contributed by atoms with Crippen LogP contribution in [0.15, 0.2) is 18.3 Å². The largest absolute Gasteiger partial charge is 0.382 e. The topological polar surface area (TPSA) is 66.0 Å². The summed E-state index contributed by atoms with van der Waals surface area (Å²) in [5.74, 6) is 0.740. The average Bonchev–Trinajstić information content (AvgIpc) is 2.93. The van der Waals surface area contributed by atoms with E-state index in [0.29, 0.717) is 17.7 Å². The minimum atomic E-state index is 0.0631. The normalized spacial score (nSPS) is 15.8. The second-order valence-electron chi connectivity index (χ2n) is 6.10. The van der Waals surface area contributed by atoms with Gasteiger partial charge in [0.25, 0.3) is 0 Å². The van der Waals surface area contributed by atoms with E-state index in [1.54, 1.807) is 6.20 Å². The number of nitrogen functional groups attached to an aromatic ring is 1. The maximum atomic E-state index is 7.75. The van der Waals surface area contributed by atoms with Crippen molar-refractivity contribution in [1.82, 2.24) is 4.98 Å². The van der Waals surface area contributed by atoms with Gasteiger partial charge in [0.15, 0.2) is 0 Å². The number of nitrogens with zero attached hydrogens (tertiary/aromatic N) is 2. The molecule has 1 aromatic rings. The van der Waals surface area contributed by atoms with Gasteiger partial charge < -0.3 is 10.6 Å². The number of anilines is 1. The van der Waals surface area contributed by atoms with Crippen LogP contribution in [0, 0.1) is 11.3 Å². The molecule has 1 fully saturated rings. The van der Waals surface area contributed by atoms with E-state index in [1.807, 2.05) is 6.07 Å². The molecule has 1 heterocycles. The Hall–Kier alpha value is -1.58. The van der Waals surface area contributed by atoms with Gasteiger partial charge in [-0.3, -0.25) is 10.4 Å². The van der Waals surface area contributed by atoms with Crippen molar-refractivity contribution in [2.75, 3.05) is 11.4 Å². The second-order valence-corrected chi connectivity index (χ2v) is 6.10. The Morgan fingerprint density at radius 3 is 2.75 bits per heavy atom. The fourth-order valence-electron chi connectivity index (χ4n) is 2.95. The van der Waals surface area contributed by atoms with Crippen molar-refractivity contribution in [3.8, 4) is 0 Å². The lowest BCUT2D eigenvalue weighted by Gasteiger charge is -2.32. The quantitative estimate of drug-likeness (QED) is 0.618. The minimum Gasteiger partial charge on any atom is -0.382 e. The predicted octanol–water partition coefficient (Wildman–Crippen LogP) is 3.16. The predicted molar refractivity (Wildman–Crippen MR) is 84.3 cm³/mol. The molecule has 0 radical (unpaired) electrons. The Balaban J connectivity index is 2.27. The molecule has 2 rings (SSSR count). The van der Waals surface area contributed by atoms with Crippen LogP contribution in [0.2, 0.25) is 0 Å². The summed E-state index contributed by atoms with van der Waals surface area (Å²) in [6.07, 6.45) is 7.96. The van der Waals surface area contributed by atoms with Crippen LogP contribution in [-0.4, -0.2) is 23.4 Å². The molecule has 4 nitrogen and oxygen atoms in total. The summed E-state index contributed by atoms with van der Waals surface area (Å²) >= 11 is 0. The first-order valence-electron chi connectivity index (χ1n) is 7.65. The lowest BCUT2D eigenvalue weighted by Crippen LogP contribution is -2.36. The lowest BCUT2D eigenvalue weighted by atomic mass is 10.1. The van der Waals surface area contributed by atoms with E-state index in [1.165, 1.54) is 25.7 Å². The van der Waals surface area contributed by atoms with Gasteiger partial charge in [-0.25, -0.2) is 0 Å². The first kappa shape index (κ1) is 14.8. The van der Waals surface area contributed by atoms with E-state index < -0.39 is 0 Å². The van der Waals surface area contributed by atoms with Gasteiger partial charge in [-0.2, -0.15) is 0 Å². The number of nitrogens with one attached hydrogen (secondary N) is 1. The molecule has 0 unspecified atom stereocenters. The third-order valence-corrected chi connectivity index (χ3v) is 4.06. The molecule has 0 amide bonds. The number of rotatable bonds is 6. The van der Waals surface area contributed by atoms with E-state index in [9.17, 15) is 0 Å². The van der Waals surface area contributed by atoms with Crippen LogP contribution in [0.1, 0.15) is 51.6 Å². The minimum absolute atomic E-state index is 0.0631. The Kier molecular flexibility index (Phi) is 4.99. The highest BCUT2D eigenvalue weighted by molar-refractivity contribution is 5.98. The molecule has 0 saturated heterocycles. The molecule has 20 heavy (non-hydrogen) atoms. The molecule has 4 heteroatoms. The van der Waals surface area contributed by atoms with Gasteiger partial charge in [-0.1, -0.05) is 26.7 Å². The Bertz CT molecular complexity index is 450. The molecule has 0 aromatic carbocycles. The van der Waals surface area contributed by atoms with Gasteiger partial charge in [0, 0.05) is 18.8 Å². The van der Waals surface area contributed by atoms with Crippen LogP contribution in [0.3, 0.4) is 0 Å². The molecule has 0 spiro atoms. The van der Waals surface area contributed by atoms with Crippen molar-refractivity contribution in [1.29, 1.82) is 5.41 Å². The molecule has 1 saturated carbocycles. The molecule has 1 aliphatic carbocycles. The van der Waals surface area contributed by atoms with E-state index >= 15 is 0 Å². The van der Waals surface area contributed by atoms with Gasteiger partial charge in [0.1, 0.15) is 11.5 Å². The molecule has 0 bridgehead atoms. The van der Waals surface area contributed by atoms with Crippen molar-refractivity contribution in [3.05, 3.63) is 24.0 Å². The summed E-state index contributed by atoms with van der Waals surface area (Å²) in [4.78, 5) is 6.75. The van der Waals surface area contributed by atoms with Crippen LogP contribution < -0.4 is 10.6 Å². The highest BCUT2D eigenvalue weighted by Gasteiger charge is 2.25. The zero-order valence-corrected chi connectivity index (χ0v) is 12.6. The zero-order chi connectivity index (χ0) is 14.5. The number of hydrogen-bond acceptors (Lipinski definition) is 3. The van der Waals surface area contributed by atoms with Crippen LogP contribution in [0.25, 0.3) is 0 Å². The first-order chi connectivity index (χ1) is 9.59. The van der Waals surface area contributed by atoms with Crippen LogP contribution in [0.5, 0.6) is 0 Å². The van der Waals surface area contributed by atoms with E-state index in [-0.39, 0.29) is 5.84 Å². The molecular weight excluding hydrogens is 248 g/mol. The summed E-state index contributed by atoms with van der Waals surface area (Å²) in [7, 11) is 0. The average molecular weight is 274 g/mol. The highest BCUT2D eigenvalue weighted by atomic mass is 15.2. The van der Waals surface area contributed by atoms with Crippen molar-refractivity contribution in [2.45, 2.75) is 52.0 Å². The van der Waals surface area contributed by atoms with Crippen molar-refractivity contribution < 1.29 is 0 Å². The number of aromatic nitrogens is 1. The Labute approximate surface area is 121 Å². The number of nitrogens with two attached hydrogens (primary N) is 1. The molecule has 3 N–H and O–H groups in total. The smallest absolute Gasteiger partial charge is 0.143 e. The van der Waals surface area contributed by atoms with Crippen LogP contribution in [-0.2, 0) is 0 Å². The maximum Gasteiger partial charge on any atom is 0.143 e. The first-order valence-corrected chi connectivity index (χ1v) is 7.65. The monoisotopic (exact) mass is 274 g/mol. The molecule has 0 aliphatic heterocycles. The molecule has 1 aromatic heterocycles. The lowest BCUT2D eigenvalue weighted by molar-refractivity contribution is 0.528. The van der Waals surface area contributed by atoms with Gasteiger partial charge in [0.2, 0.25) is 0 Å². The van der Waals surface area contributed by atoms with Gasteiger partial charge in [-0.15, -0.1) is 0 Å². The van der Waals surface area contributed by atoms with Crippen molar-refractivity contribution >= 4 is 11.5 Å². The Morgan fingerprint density at radius 1 is 1.45 bits per heavy atom. The van der Waals surface area contributed by atoms with Crippen molar-refractivity contribution in [3.63, 3.8) is 0 Å². The summed E-state index contributed by atoms with van der Waals surface area (Å²) in [6, 6.07) is 4.58. The third-order valence-electron chi connectivity index (χ3n) is 4.06. The summed E-state index contributed by atoms with van der Waals surface area (Å²) in [6.45, 7) is 5.53. The maximum absolute atomic E-state index is 7.75. The summed E-state index contributed by atoms with van der Waals surface area (Å²) in [5, 5.41) is 7.75. The van der Waals surface area contributed by atoms with Gasteiger partial charge >= 0.3 is 0 Å². The SMILES string of the molecule is CC(C)CCN(c1cccnc1C(=N)N)C1CCCC1. The zero-order valence-electron chi connectivity index (χ0n) is 12.6. The molecule has 0 atom stereocenters. The number of pyridine rings is 1. The van der Waals surface area contributed by atoms with E-state index in [0.717, 1.165) is 18.7 Å². The van der Waals surface area contributed by atoms with Crippen LogP contribution >= 0.6 is 0 Å². The van der Waals surface area contributed by atoms with Crippen molar-refractivity contribution in [2.24, 2.45) is 11.7 Å². The van der Waals surface area contributed by atoms with Gasteiger partial charge in [0.05, 0.1) is 5.69 Å². The second kappa shape index (κ2) is 6.73. The van der Waals surface area contributed by atoms with E-state index in [4.69, 9.17) is 11.1 Å². The van der Waals surface area contributed by atoms with Crippen LogP contribution in [0.4, 0.5) is 5.69 Å². The molecule has 1 aliphatic rings. The molecular formula is C16H26N4. The fraction of sp³-hybridized carbons (Fsp3) is 0.625. The summed E-state index contributed by atoms with van der Waals surface area (Å²) < 4.78 is 0. The highest BCUT2D eigenvalue weighted by Crippen LogP contribution is 2.30. The molecule has 110 valence electrons. The summed E-state index contributed by atoms with van der Waals surface area (Å²) in [5.41, 5.74) is 7.36. The fourth-order valence-corrected chi connectivity index (χ4v) is 2.95. The third kappa shape index (κ3) is 3.50. The number of hydrogen-bond donors (Lipinski definition) is 2. The standard InChI is InChI=1S/C16H26N4/c1-12(2)9-11-20(13-6-3-4-7-13)14-8-5-10-19-15(14)16(17)18/h5,8,10,12-13H,3-4,6-7,9,11H2,1-2H3,(H3,17,18).